The average Bonchev–Trinajstić information content (AvgIpc) is 2.40. The molecule has 0 aliphatic rings. The van der Waals surface area contributed by atoms with Gasteiger partial charge in [0.25, 0.3) is 0 Å². The number of hydrogen-bond donors (Lipinski definition) is 2. The molecule has 0 aliphatic carbocycles. The van der Waals surface area contributed by atoms with Crippen LogP contribution in [0.25, 0.3) is 0 Å². The van der Waals surface area contributed by atoms with E-state index in [-0.39, 0.29) is 11.8 Å². The predicted molar refractivity (Wildman–Crippen MR) is 70.5 cm³/mol. The number of benzene rings is 1. The van der Waals surface area contributed by atoms with Crippen molar-refractivity contribution in [2.45, 2.75) is 26.2 Å². The van der Waals surface area contributed by atoms with Gasteiger partial charge in [0.2, 0.25) is 5.91 Å². The van der Waals surface area contributed by atoms with Gasteiger partial charge in [0, 0.05) is 13.0 Å². The lowest BCUT2D eigenvalue weighted by Crippen LogP contribution is -2.31. The van der Waals surface area contributed by atoms with Gasteiger partial charge in [-0.15, -0.1) is 0 Å². The van der Waals surface area contributed by atoms with E-state index in [0.29, 0.717) is 37.9 Å². The van der Waals surface area contributed by atoms with E-state index in [1.165, 1.54) is 12.1 Å². The Morgan fingerprint density at radius 1 is 1.37 bits per heavy atom. The van der Waals surface area contributed by atoms with Gasteiger partial charge in [0.05, 0.1) is 0 Å². The van der Waals surface area contributed by atoms with Crippen LogP contribution in [0.15, 0.2) is 18.2 Å². The fourth-order valence-corrected chi connectivity index (χ4v) is 1.61. The van der Waals surface area contributed by atoms with E-state index in [9.17, 15) is 13.6 Å². The highest BCUT2D eigenvalue weighted by molar-refractivity contribution is 5.75. The summed E-state index contributed by atoms with van der Waals surface area (Å²) in [5, 5.41) is 2.79. The van der Waals surface area contributed by atoms with Crippen molar-refractivity contribution in [1.82, 2.24) is 5.32 Å². The first-order valence-corrected chi connectivity index (χ1v) is 6.43. The van der Waals surface area contributed by atoms with Gasteiger partial charge in [0.1, 0.15) is 0 Å². The van der Waals surface area contributed by atoms with E-state index in [1.807, 2.05) is 6.92 Å². The zero-order valence-corrected chi connectivity index (χ0v) is 11.1. The van der Waals surface area contributed by atoms with Crippen molar-refractivity contribution in [1.29, 1.82) is 0 Å². The van der Waals surface area contributed by atoms with Gasteiger partial charge < -0.3 is 11.1 Å². The summed E-state index contributed by atoms with van der Waals surface area (Å²) < 4.78 is 25.7. The van der Waals surface area contributed by atoms with Crippen LogP contribution in [0, 0.1) is 17.6 Å². The summed E-state index contributed by atoms with van der Waals surface area (Å²) in [5.74, 6) is -1.48. The largest absolute Gasteiger partial charge is 0.356 e. The zero-order chi connectivity index (χ0) is 14.3. The van der Waals surface area contributed by atoms with Crippen molar-refractivity contribution in [3.05, 3.63) is 35.4 Å². The first-order chi connectivity index (χ1) is 9.02. The monoisotopic (exact) mass is 270 g/mol. The Balaban J connectivity index is 2.26. The molecule has 0 saturated heterocycles. The fourth-order valence-electron chi connectivity index (χ4n) is 1.61. The predicted octanol–water partition coefficient (Wildman–Crippen LogP) is 2.00. The molecule has 1 unspecified atom stereocenters. The van der Waals surface area contributed by atoms with E-state index in [1.54, 1.807) is 0 Å². The summed E-state index contributed by atoms with van der Waals surface area (Å²) in [4.78, 5) is 11.5. The molecule has 0 bridgehead atoms. The SMILES string of the molecule is CC(CN)CNC(=O)CCCc1ccc(F)c(F)c1. The van der Waals surface area contributed by atoms with E-state index in [4.69, 9.17) is 5.73 Å². The number of carbonyl (C=O) groups excluding carboxylic acids is 1. The van der Waals surface area contributed by atoms with Gasteiger partial charge in [-0.2, -0.15) is 0 Å². The van der Waals surface area contributed by atoms with Crippen LogP contribution in [0.1, 0.15) is 25.3 Å². The lowest BCUT2D eigenvalue weighted by Gasteiger charge is -2.10. The van der Waals surface area contributed by atoms with Crippen LogP contribution < -0.4 is 11.1 Å². The van der Waals surface area contributed by atoms with Gasteiger partial charge in [-0.05, 0) is 43.0 Å². The van der Waals surface area contributed by atoms with Crippen LogP contribution >= 0.6 is 0 Å². The third-order valence-corrected chi connectivity index (χ3v) is 2.90. The fraction of sp³-hybridized carbons (Fsp3) is 0.500. The third kappa shape index (κ3) is 5.79. The van der Waals surface area contributed by atoms with Gasteiger partial charge in [-0.3, -0.25) is 4.79 Å². The molecule has 0 heterocycles. The molecule has 106 valence electrons. The molecule has 3 nitrogen and oxygen atoms in total. The minimum Gasteiger partial charge on any atom is -0.356 e. The average molecular weight is 270 g/mol. The molecule has 1 atom stereocenters. The van der Waals surface area contributed by atoms with E-state index in [0.717, 1.165) is 6.07 Å². The van der Waals surface area contributed by atoms with E-state index in [2.05, 4.69) is 5.32 Å². The van der Waals surface area contributed by atoms with E-state index < -0.39 is 11.6 Å². The molecule has 1 rings (SSSR count). The van der Waals surface area contributed by atoms with E-state index >= 15 is 0 Å². The second-order valence-corrected chi connectivity index (χ2v) is 4.75. The summed E-state index contributed by atoms with van der Waals surface area (Å²) in [5.41, 5.74) is 6.14. The van der Waals surface area contributed by atoms with Gasteiger partial charge in [0.15, 0.2) is 11.6 Å². The Bertz CT molecular complexity index is 424. The molecule has 3 N–H and O–H groups in total. The van der Waals surface area contributed by atoms with Gasteiger partial charge >= 0.3 is 0 Å². The lowest BCUT2D eigenvalue weighted by molar-refractivity contribution is -0.121. The summed E-state index contributed by atoms with van der Waals surface area (Å²) in [7, 11) is 0. The normalized spacial score (nSPS) is 12.2. The molecule has 0 aromatic heterocycles. The highest BCUT2D eigenvalue weighted by Gasteiger charge is 2.06. The first kappa shape index (κ1) is 15.6. The summed E-state index contributed by atoms with van der Waals surface area (Å²) in [6.07, 6.45) is 1.53. The number of hydrogen-bond acceptors (Lipinski definition) is 2. The minimum atomic E-state index is -0.850. The Hall–Kier alpha value is -1.49. The molecule has 19 heavy (non-hydrogen) atoms. The Kier molecular flexibility index (Phi) is 6.42. The molecule has 0 aliphatic heterocycles. The molecule has 0 spiro atoms. The molecule has 0 radical (unpaired) electrons. The molecule has 1 aromatic carbocycles. The molecular formula is C14H20F2N2O. The number of nitrogens with two attached hydrogens (primary N) is 1. The van der Waals surface area contributed by atoms with Crippen molar-refractivity contribution in [2.75, 3.05) is 13.1 Å². The lowest BCUT2D eigenvalue weighted by atomic mass is 10.1. The van der Waals surface area contributed by atoms with Gasteiger partial charge in [-0.1, -0.05) is 13.0 Å². The maximum atomic E-state index is 12.9. The number of nitrogens with one attached hydrogen (secondary N) is 1. The number of halogens is 2. The van der Waals surface area contributed by atoms with Crippen LogP contribution in [0.3, 0.4) is 0 Å². The van der Waals surface area contributed by atoms with Crippen molar-refractivity contribution in [2.24, 2.45) is 11.7 Å². The maximum Gasteiger partial charge on any atom is 0.220 e. The Morgan fingerprint density at radius 2 is 2.11 bits per heavy atom. The number of carbonyl (C=O) groups is 1. The smallest absolute Gasteiger partial charge is 0.220 e. The summed E-state index contributed by atoms with van der Waals surface area (Å²) in [6.45, 7) is 3.07. The Morgan fingerprint density at radius 3 is 2.74 bits per heavy atom. The van der Waals surface area contributed by atoms with Gasteiger partial charge in [-0.25, -0.2) is 8.78 Å². The highest BCUT2D eigenvalue weighted by Crippen LogP contribution is 2.11. The molecule has 5 heteroatoms. The Labute approximate surface area is 112 Å². The van der Waals surface area contributed by atoms with Crippen LogP contribution in [0.4, 0.5) is 8.78 Å². The molecule has 0 fully saturated rings. The second kappa shape index (κ2) is 7.84. The minimum absolute atomic E-state index is 0.0390. The van der Waals surface area contributed by atoms with Crippen molar-refractivity contribution in [3.63, 3.8) is 0 Å². The quantitative estimate of drug-likeness (QED) is 0.796. The topological polar surface area (TPSA) is 55.1 Å². The first-order valence-electron chi connectivity index (χ1n) is 6.43. The molecule has 1 amide bonds. The van der Waals surface area contributed by atoms with Crippen molar-refractivity contribution in [3.8, 4) is 0 Å². The molecular weight excluding hydrogens is 250 g/mol. The van der Waals surface area contributed by atoms with Crippen LogP contribution in [0.5, 0.6) is 0 Å². The zero-order valence-electron chi connectivity index (χ0n) is 11.1. The van der Waals surface area contributed by atoms with Crippen LogP contribution in [-0.2, 0) is 11.2 Å². The molecule has 1 aromatic rings. The summed E-state index contributed by atoms with van der Waals surface area (Å²) in [6, 6.07) is 3.81. The van der Waals surface area contributed by atoms with Crippen molar-refractivity contribution >= 4 is 5.91 Å². The number of aryl methyl sites for hydroxylation is 1. The van der Waals surface area contributed by atoms with Crippen LogP contribution in [0.2, 0.25) is 0 Å². The summed E-state index contributed by atoms with van der Waals surface area (Å²) >= 11 is 0. The number of rotatable bonds is 7. The highest BCUT2D eigenvalue weighted by atomic mass is 19.2. The molecule has 0 saturated carbocycles. The van der Waals surface area contributed by atoms with Crippen molar-refractivity contribution < 1.29 is 13.6 Å². The maximum absolute atomic E-state index is 12.9. The third-order valence-electron chi connectivity index (χ3n) is 2.90. The second-order valence-electron chi connectivity index (χ2n) is 4.75. The standard InChI is InChI=1S/C14H20F2N2O/c1-10(8-17)9-18-14(19)4-2-3-11-5-6-12(15)13(16)7-11/h5-7,10H,2-4,8-9,17H2,1H3,(H,18,19). The van der Waals surface area contributed by atoms with Crippen LogP contribution in [-0.4, -0.2) is 19.0 Å². The number of amides is 1.